The second-order valence-corrected chi connectivity index (χ2v) is 12.2. The maximum absolute atomic E-state index is 14.2. The van der Waals surface area contributed by atoms with E-state index in [1.54, 1.807) is 6.92 Å². The number of carbonyl (C=O) groups is 1. The lowest BCUT2D eigenvalue weighted by Gasteiger charge is -2.57. The molecule has 2 N–H and O–H groups in total. The van der Waals surface area contributed by atoms with Crippen LogP contribution in [0.4, 0.5) is 0 Å². The second kappa shape index (κ2) is 8.53. The number of nitrogens with two attached hydrogens (primary N) is 1. The van der Waals surface area contributed by atoms with Gasteiger partial charge in [-0.25, -0.2) is 0 Å². The number of esters is 1. The van der Waals surface area contributed by atoms with Crippen molar-refractivity contribution in [3.63, 3.8) is 0 Å². The molecule has 2 unspecified atom stereocenters. The molecule has 0 radical (unpaired) electrons. The summed E-state index contributed by atoms with van der Waals surface area (Å²) in [6.07, 6.45) is 7.65. The predicted octanol–water partition coefficient (Wildman–Crippen LogP) is 4.73. The lowest BCUT2D eigenvalue weighted by atomic mass is 9.54. The van der Waals surface area contributed by atoms with Gasteiger partial charge < -0.3 is 15.0 Å². The molecule has 4 fully saturated rings. The van der Waals surface area contributed by atoms with Gasteiger partial charge in [-0.1, -0.05) is 30.3 Å². The molecule has 5 nitrogen and oxygen atoms in total. The van der Waals surface area contributed by atoms with Crippen LogP contribution in [0.3, 0.4) is 0 Å². The molecule has 0 amide bonds. The highest BCUT2D eigenvalue weighted by molar-refractivity contribution is 7.59. The lowest BCUT2D eigenvalue weighted by Crippen LogP contribution is -2.52. The summed E-state index contributed by atoms with van der Waals surface area (Å²) in [6, 6.07) is 9.89. The molecule has 4 aliphatic rings. The first-order chi connectivity index (χ1) is 13.9. The number of carbonyl (C=O) groups excluding carboxylic acids is 1. The van der Waals surface area contributed by atoms with Crippen LogP contribution in [0, 0.1) is 17.8 Å². The van der Waals surface area contributed by atoms with Crippen LogP contribution in [0.5, 0.6) is 0 Å². The van der Waals surface area contributed by atoms with Crippen LogP contribution in [0.2, 0.25) is 0 Å². The summed E-state index contributed by atoms with van der Waals surface area (Å²) in [5.74, 6) is 1.17. The quantitative estimate of drug-likeness (QED) is 0.462. The molecule has 4 aliphatic carbocycles. The van der Waals surface area contributed by atoms with Gasteiger partial charge in [-0.2, -0.15) is 0 Å². The zero-order valence-electron chi connectivity index (χ0n) is 17.4. The summed E-state index contributed by atoms with van der Waals surface area (Å²) < 4.78 is 25.9. The number of rotatable bonds is 9. The van der Waals surface area contributed by atoms with Crippen LogP contribution in [-0.4, -0.2) is 30.1 Å². The van der Waals surface area contributed by atoms with E-state index in [4.69, 9.17) is 15.0 Å². The molecule has 6 heteroatoms. The Bertz CT molecular complexity index is 730. The van der Waals surface area contributed by atoms with Crippen LogP contribution < -0.4 is 5.73 Å². The van der Waals surface area contributed by atoms with Crippen LogP contribution in [0.15, 0.2) is 30.3 Å². The molecule has 1 aromatic rings. The van der Waals surface area contributed by atoms with Crippen molar-refractivity contribution in [3.8, 4) is 0 Å². The van der Waals surface area contributed by atoms with Crippen molar-refractivity contribution in [3.05, 3.63) is 35.9 Å². The van der Waals surface area contributed by atoms with Crippen LogP contribution in [0.25, 0.3) is 0 Å². The summed E-state index contributed by atoms with van der Waals surface area (Å²) in [5.41, 5.74) is 7.28. The molecular formula is C23H34NO4P. The Kier molecular flexibility index (Phi) is 6.20. The monoisotopic (exact) mass is 419 g/mol. The summed E-state index contributed by atoms with van der Waals surface area (Å²) in [5, 5.41) is 0. The van der Waals surface area contributed by atoms with Gasteiger partial charge in [-0.05, 0) is 75.2 Å². The second-order valence-electron chi connectivity index (χ2n) is 9.45. The molecule has 0 heterocycles. The van der Waals surface area contributed by atoms with Gasteiger partial charge in [0, 0.05) is 6.16 Å². The average Bonchev–Trinajstić information content (AvgIpc) is 2.66. The molecule has 0 saturated heterocycles. The summed E-state index contributed by atoms with van der Waals surface area (Å²) in [6.45, 7) is 2.11. The molecule has 4 saturated carbocycles. The highest BCUT2D eigenvalue weighted by atomic mass is 31.2. The number of hydrogen-bond acceptors (Lipinski definition) is 5. The Hall–Kier alpha value is -1.16. The van der Waals surface area contributed by atoms with E-state index in [2.05, 4.69) is 0 Å². The molecule has 2 atom stereocenters. The fourth-order valence-corrected chi connectivity index (χ4v) is 8.65. The van der Waals surface area contributed by atoms with Gasteiger partial charge in [0.05, 0.1) is 24.4 Å². The highest BCUT2D eigenvalue weighted by Crippen LogP contribution is 2.64. The normalized spacial score (nSPS) is 33.2. The van der Waals surface area contributed by atoms with E-state index in [0.29, 0.717) is 30.8 Å². The first-order valence-corrected chi connectivity index (χ1v) is 13.0. The predicted molar refractivity (Wildman–Crippen MR) is 114 cm³/mol. The lowest BCUT2D eigenvalue weighted by molar-refractivity contribution is -0.142. The van der Waals surface area contributed by atoms with Crippen molar-refractivity contribution < 1.29 is 18.6 Å². The zero-order chi connectivity index (χ0) is 20.5. The Labute approximate surface area is 174 Å². The minimum atomic E-state index is -3.23. The molecule has 0 aliphatic heterocycles. The molecule has 29 heavy (non-hydrogen) atoms. The van der Waals surface area contributed by atoms with E-state index >= 15 is 0 Å². The van der Waals surface area contributed by atoms with E-state index in [-0.39, 0.29) is 24.2 Å². The van der Waals surface area contributed by atoms with Gasteiger partial charge in [0.25, 0.3) is 0 Å². The van der Waals surface area contributed by atoms with Gasteiger partial charge in [-0.15, -0.1) is 0 Å². The van der Waals surface area contributed by atoms with Gasteiger partial charge in [0.2, 0.25) is 7.37 Å². The highest BCUT2D eigenvalue weighted by Gasteiger charge is 2.54. The standard InChI is InChI=1S/C23H34NO4P/c1-2-27-22(25)8-9-29(26,21(24)13-17-6-4-3-5-7-17)28-23-14-18-10-19(15-23)12-20(11-18)16-23/h3-7,18-21H,2,8-16,24H2,1H3. The van der Waals surface area contributed by atoms with E-state index < -0.39 is 13.2 Å². The molecule has 160 valence electrons. The van der Waals surface area contributed by atoms with E-state index in [0.717, 1.165) is 24.8 Å². The fraction of sp³-hybridized carbons (Fsp3) is 0.696. The van der Waals surface area contributed by atoms with Gasteiger partial charge in [-0.3, -0.25) is 9.36 Å². The minimum Gasteiger partial charge on any atom is -0.466 e. The van der Waals surface area contributed by atoms with Crippen molar-refractivity contribution in [1.29, 1.82) is 0 Å². The smallest absolute Gasteiger partial charge is 0.306 e. The average molecular weight is 420 g/mol. The maximum atomic E-state index is 14.2. The van der Waals surface area contributed by atoms with E-state index in [1.165, 1.54) is 19.3 Å². The van der Waals surface area contributed by atoms with Crippen molar-refractivity contribution in [2.24, 2.45) is 23.5 Å². The fourth-order valence-electron chi connectivity index (χ4n) is 6.22. The third-order valence-electron chi connectivity index (χ3n) is 7.06. The molecule has 4 bridgehead atoms. The summed E-state index contributed by atoms with van der Waals surface area (Å²) >= 11 is 0. The first kappa shape index (κ1) is 21.1. The van der Waals surface area contributed by atoms with Crippen molar-refractivity contribution in [2.75, 3.05) is 12.8 Å². The van der Waals surface area contributed by atoms with Crippen molar-refractivity contribution >= 4 is 13.3 Å². The Morgan fingerprint density at radius 1 is 1.14 bits per heavy atom. The van der Waals surface area contributed by atoms with Gasteiger partial charge >= 0.3 is 5.97 Å². The van der Waals surface area contributed by atoms with E-state index in [1.807, 2.05) is 30.3 Å². The van der Waals surface area contributed by atoms with Crippen LogP contribution in [-0.2, 0) is 25.0 Å². The third-order valence-corrected chi connectivity index (χ3v) is 9.79. The maximum Gasteiger partial charge on any atom is 0.306 e. The number of hydrogen-bond donors (Lipinski definition) is 1. The summed E-state index contributed by atoms with van der Waals surface area (Å²) in [7, 11) is -3.23. The zero-order valence-corrected chi connectivity index (χ0v) is 18.3. The number of benzene rings is 1. The van der Waals surface area contributed by atoms with Gasteiger partial charge in [0.15, 0.2) is 0 Å². The van der Waals surface area contributed by atoms with Crippen molar-refractivity contribution in [2.45, 2.75) is 69.7 Å². The largest absolute Gasteiger partial charge is 0.466 e. The van der Waals surface area contributed by atoms with Crippen molar-refractivity contribution in [1.82, 2.24) is 0 Å². The molecule has 0 aromatic heterocycles. The minimum absolute atomic E-state index is 0.0972. The molecule has 1 aromatic carbocycles. The SMILES string of the molecule is CCOC(=O)CCP(=O)(OC12CC3CC(CC(C3)C1)C2)C(N)Cc1ccccc1. The van der Waals surface area contributed by atoms with Gasteiger partial charge in [0.1, 0.15) is 0 Å². The Balaban J connectivity index is 1.52. The number of ether oxygens (including phenoxy) is 1. The summed E-state index contributed by atoms with van der Waals surface area (Å²) in [4.78, 5) is 12.0. The Morgan fingerprint density at radius 3 is 2.28 bits per heavy atom. The van der Waals surface area contributed by atoms with Crippen LogP contribution >= 0.6 is 7.37 Å². The molecule has 0 spiro atoms. The van der Waals surface area contributed by atoms with E-state index in [9.17, 15) is 9.36 Å². The molecular weight excluding hydrogens is 385 g/mol. The third kappa shape index (κ3) is 4.78. The first-order valence-electron chi connectivity index (χ1n) is 11.1. The Morgan fingerprint density at radius 2 is 1.72 bits per heavy atom. The molecule has 5 rings (SSSR count). The van der Waals surface area contributed by atoms with Crippen LogP contribution in [0.1, 0.15) is 57.4 Å². The topological polar surface area (TPSA) is 78.6 Å².